The molecule has 0 aliphatic carbocycles. The fraction of sp³-hybridized carbons (Fsp3) is 0.150. The maximum absolute atomic E-state index is 12.4. The predicted molar refractivity (Wildman–Crippen MR) is 118 cm³/mol. The number of aromatic nitrogens is 1. The molecule has 2 aromatic carbocycles. The van der Waals surface area contributed by atoms with E-state index in [4.69, 9.17) is 4.74 Å². The summed E-state index contributed by atoms with van der Waals surface area (Å²) in [6, 6.07) is 10.1. The number of amides is 1. The van der Waals surface area contributed by atoms with Crippen LogP contribution in [0.5, 0.6) is 0 Å². The monoisotopic (exact) mass is 475 g/mol. The zero-order valence-electron chi connectivity index (χ0n) is 16.9. The van der Waals surface area contributed by atoms with E-state index in [2.05, 4.69) is 4.99 Å². The third-order valence-corrected chi connectivity index (χ3v) is 6.45. The van der Waals surface area contributed by atoms with Gasteiger partial charge in [0, 0.05) is 24.5 Å². The summed E-state index contributed by atoms with van der Waals surface area (Å²) in [7, 11) is -2.22. The van der Waals surface area contributed by atoms with Crippen LogP contribution in [0.4, 0.5) is 5.69 Å². The Labute approximate surface area is 186 Å². The summed E-state index contributed by atoms with van der Waals surface area (Å²) in [6.07, 6.45) is 3.62. The number of methoxy groups -OCH3 is 1. The van der Waals surface area contributed by atoms with E-state index in [0.29, 0.717) is 15.8 Å². The van der Waals surface area contributed by atoms with Gasteiger partial charge in [-0.25, -0.2) is 8.42 Å². The van der Waals surface area contributed by atoms with Gasteiger partial charge in [0.15, 0.2) is 14.6 Å². The van der Waals surface area contributed by atoms with Gasteiger partial charge < -0.3 is 9.30 Å². The molecule has 0 saturated carbocycles. The third kappa shape index (κ3) is 5.34. The Morgan fingerprint density at radius 1 is 1.25 bits per heavy atom. The van der Waals surface area contributed by atoms with Gasteiger partial charge in [-0.15, -0.1) is 0 Å². The van der Waals surface area contributed by atoms with Crippen molar-refractivity contribution in [1.29, 1.82) is 0 Å². The number of nitrogens with zero attached hydrogens (tertiary/aromatic N) is 3. The van der Waals surface area contributed by atoms with Crippen LogP contribution in [0.1, 0.15) is 5.56 Å². The van der Waals surface area contributed by atoms with Crippen LogP contribution in [0.15, 0.2) is 58.4 Å². The van der Waals surface area contributed by atoms with Crippen LogP contribution >= 0.6 is 11.3 Å². The average molecular weight is 476 g/mol. The van der Waals surface area contributed by atoms with Crippen molar-refractivity contribution in [3.8, 4) is 0 Å². The molecule has 0 spiro atoms. The van der Waals surface area contributed by atoms with Crippen LogP contribution in [-0.4, -0.2) is 43.2 Å². The SMILES string of the molecule is COC(=O)Cn1c(=NC(=O)C=Cc2cccc([N+](=O)[O-])c2)sc2cc(S(C)(=O)=O)ccc21. The fourth-order valence-electron chi connectivity index (χ4n) is 2.76. The topological polar surface area (TPSA) is 138 Å². The number of hydrogen-bond donors (Lipinski definition) is 0. The molecule has 0 bridgehead atoms. The summed E-state index contributed by atoms with van der Waals surface area (Å²) in [5.74, 6) is -1.23. The quantitative estimate of drug-likeness (QED) is 0.231. The maximum Gasteiger partial charge on any atom is 0.325 e. The minimum atomic E-state index is -3.45. The second-order valence-electron chi connectivity index (χ2n) is 6.58. The van der Waals surface area contributed by atoms with Crippen molar-refractivity contribution in [2.24, 2.45) is 4.99 Å². The Morgan fingerprint density at radius 2 is 2.00 bits per heavy atom. The second-order valence-corrected chi connectivity index (χ2v) is 9.61. The number of rotatable bonds is 6. The zero-order chi connectivity index (χ0) is 23.5. The summed E-state index contributed by atoms with van der Waals surface area (Å²) < 4.78 is 30.4. The Morgan fingerprint density at radius 3 is 2.66 bits per heavy atom. The van der Waals surface area contributed by atoms with Crippen molar-refractivity contribution in [3.05, 3.63) is 69.0 Å². The smallest absolute Gasteiger partial charge is 0.325 e. The molecular weight excluding hydrogens is 458 g/mol. The second kappa shape index (κ2) is 9.24. The molecule has 10 nitrogen and oxygen atoms in total. The first kappa shape index (κ1) is 23.0. The number of carbonyl (C=O) groups is 2. The summed E-state index contributed by atoms with van der Waals surface area (Å²) in [5.41, 5.74) is 0.847. The van der Waals surface area contributed by atoms with Gasteiger partial charge >= 0.3 is 5.97 Å². The van der Waals surface area contributed by atoms with Crippen molar-refractivity contribution >= 4 is 55.0 Å². The number of fused-ring (bicyclic) bond motifs is 1. The van der Waals surface area contributed by atoms with E-state index in [0.717, 1.165) is 23.7 Å². The average Bonchev–Trinajstić information content (AvgIpc) is 3.07. The summed E-state index contributed by atoms with van der Waals surface area (Å²) in [5, 5.41) is 10.9. The molecule has 0 atom stereocenters. The molecule has 3 rings (SSSR count). The summed E-state index contributed by atoms with van der Waals surface area (Å²) in [6.45, 7) is -0.227. The van der Waals surface area contributed by atoms with Gasteiger partial charge in [-0.3, -0.25) is 19.7 Å². The number of hydrogen-bond acceptors (Lipinski definition) is 8. The Balaban J connectivity index is 2.04. The molecule has 1 heterocycles. The summed E-state index contributed by atoms with van der Waals surface area (Å²) in [4.78, 5) is 38.9. The van der Waals surface area contributed by atoms with Crippen molar-refractivity contribution in [2.45, 2.75) is 11.4 Å². The van der Waals surface area contributed by atoms with E-state index >= 15 is 0 Å². The molecule has 0 radical (unpaired) electrons. The number of benzene rings is 2. The molecule has 1 amide bonds. The standard InChI is InChI=1S/C20H17N3O7S2/c1-30-19(25)12-22-16-8-7-15(32(2,28)29)11-17(16)31-20(22)21-18(24)9-6-13-4-3-5-14(10-13)23(26)27/h3-11H,12H2,1-2H3. The fourth-order valence-corrected chi connectivity index (χ4v) is 4.55. The molecule has 0 fully saturated rings. The molecule has 0 saturated heterocycles. The van der Waals surface area contributed by atoms with Crippen molar-refractivity contribution in [1.82, 2.24) is 4.57 Å². The molecule has 12 heteroatoms. The molecule has 0 aliphatic heterocycles. The number of thiazole rings is 1. The predicted octanol–water partition coefficient (Wildman–Crippen LogP) is 2.33. The lowest BCUT2D eigenvalue weighted by atomic mass is 10.2. The normalized spacial score (nSPS) is 12.4. The summed E-state index contributed by atoms with van der Waals surface area (Å²) >= 11 is 1.04. The van der Waals surface area contributed by atoms with Crippen LogP contribution < -0.4 is 4.80 Å². The number of esters is 1. The number of sulfone groups is 1. The van der Waals surface area contributed by atoms with Gasteiger partial charge in [0.05, 0.1) is 27.1 Å². The lowest BCUT2D eigenvalue weighted by molar-refractivity contribution is -0.384. The lowest BCUT2D eigenvalue weighted by Crippen LogP contribution is -2.22. The van der Waals surface area contributed by atoms with Crippen LogP contribution in [0.3, 0.4) is 0 Å². The first-order valence-electron chi connectivity index (χ1n) is 9.00. The van der Waals surface area contributed by atoms with E-state index in [1.54, 1.807) is 6.07 Å². The molecule has 1 aromatic heterocycles. The highest BCUT2D eigenvalue weighted by Crippen LogP contribution is 2.22. The van der Waals surface area contributed by atoms with Gasteiger partial charge in [-0.1, -0.05) is 23.5 Å². The Hall–Kier alpha value is -3.64. The van der Waals surface area contributed by atoms with Crippen molar-refractivity contribution in [2.75, 3.05) is 13.4 Å². The van der Waals surface area contributed by atoms with Gasteiger partial charge in [-0.2, -0.15) is 4.99 Å². The highest BCUT2D eigenvalue weighted by Gasteiger charge is 2.15. The van der Waals surface area contributed by atoms with E-state index in [1.807, 2.05) is 0 Å². The van der Waals surface area contributed by atoms with Gasteiger partial charge in [-0.05, 0) is 29.8 Å². The highest BCUT2D eigenvalue weighted by atomic mass is 32.2. The van der Waals surface area contributed by atoms with Crippen LogP contribution in [0, 0.1) is 10.1 Å². The first-order valence-corrected chi connectivity index (χ1v) is 11.7. The first-order chi connectivity index (χ1) is 15.1. The molecule has 0 aliphatic rings. The van der Waals surface area contributed by atoms with E-state index < -0.39 is 26.6 Å². The minimum Gasteiger partial charge on any atom is -0.468 e. The lowest BCUT2D eigenvalue weighted by Gasteiger charge is -2.04. The minimum absolute atomic E-state index is 0.0971. The molecule has 32 heavy (non-hydrogen) atoms. The third-order valence-electron chi connectivity index (χ3n) is 4.30. The highest BCUT2D eigenvalue weighted by molar-refractivity contribution is 7.90. The van der Waals surface area contributed by atoms with Crippen LogP contribution in [-0.2, 0) is 30.7 Å². The van der Waals surface area contributed by atoms with Crippen molar-refractivity contribution < 1.29 is 27.7 Å². The maximum atomic E-state index is 12.4. The van der Waals surface area contributed by atoms with Crippen LogP contribution in [0.2, 0.25) is 0 Å². The molecular formula is C20H17N3O7S2. The molecule has 166 valence electrons. The van der Waals surface area contributed by atoms with Crippen LogP contribution in [0.25, 0.3) is 16.3 Å². The van der Waals surface area contributed by atoms with Gasteiger partial charge in [0.1, 0.15) is 6.54 Å². The van der Waals surface area contributed by atoms with Crippen molar-refractivity contribution in [3.63, 3.8) is 0 Å². The Kier molecular flexibility index (Phi) is 6.65. The number of non-ortho nitro benzene ring substituents is 1. The Bertz CT molecular complexity index is 1430. The van der Waals surface area contributed by atoms with Gasteiger partial charge in [0.25, 0.3) is 11.6 Å². The number of nitro groups is 1. The number of nitro benzene ring substituents is 1. The molecule has 0 unspecified atom stereocenters. The molecule has 3 aromatic rings. The van der Waals surface area contributed by atoms with E-state index in [9.17, 15) is 28.1 Å². The largest absolute Gasteiger partial charge is 0.468 e. The molecule has 0 N–H and O–H groups in total. The number of carbonyl (C=O) groups excluding carboxylic acids is 2. The van der Waals surface area contributed by atoms with Gasteiger partial charge in [0.2, 0.25) is 0 Å². The zero-order valence-corrected chi connectivity index (χ0v) is 18.6. The van der Waals surface area contributed by atoms with E-state index in [1.165, 1.54) is 54.2 Å². The van der Waals surface area contributed by atoms with E-state index in [-0.39, 0.29) is 21.9 Å². The number of ether oxygens (including phenoxy) is 1.